The maximum Gasteiger partial charge on any atom is 0.275 e. The number of aromatic nitrogens is 3. The summed E-state index contributed by atoms with van der Waals surface area (Å²) in [6.45, 7) is 4.74. The first-order chi connectivity index (χ1) is 14.7. The number of carbonyl (C=O) groups excluding carboxylic acids is 1. The highest BCUT2D eigenvalue weighted by Gasteiger charge is 2.23. The third-order valence-electron chi connectivity index (χ3n) is 5.77. The molecule has 3 aromatic rings. The van der Waals surface area contributed by atoms with Gasteiger partial charge in [0.05, 0.1) is 11.1 Å². The molecule has 156 valence electrons. The second-order valence-corrected chi connectivity index (χ2v) is 7.72. The lowest BCUT2D eigenvalue weighted by Gasteiger charge is -2.22. The van der Waals surface area contributed by atoms with E-state index in [0.29, 0.717) is 24.4 Å². The van der Waals surface area contributed by atoms with Crippen LogP contribution in [0.2, 0.25) is 0 Å². The Bertz CT molecular complexity index is 1080. The van der Waals surface area contributed by atoms with Crippen molar-refractivity contribution in [3.63, 3.8) is 0 Å². The Kier molecular flexibility index (Phi) is 6.18. The maximum absolute atomic E-state index is 12.9. The second-order valence-electron chi connectivity index (χ2n) is 7.72. The van der Waals surface area contributed by atoms with Crippen molar-refractivity contribution in [2.24, 2.45) is 0 Å². The molecule has 1 fully saturated rings. The van der Waals surface area contributed by atoms with Crippen molar-refractivity contribution in [2.75, 3.05) is 19.6 Å². The number of nitrogens with one attached hydrogen (secondary N) is 1. The Hall–Kier alpha value is -3.06. The monoisotopic (exact) mass is 405 g/mol. The summed E-state index contributed by atoms with van der Waals surface area (Å²) < 4.78 is 1.29. The summed E-state index contributed by atoms with van der Waals surface area (Å²) in [7, 11) is 0. The van der Waals surface area contributed by atoms with Crippen LogP contribution in [-0.4, -0.2) is 51.2 Å². The van der Waals surface area contributed by atoms with Crippen LogP contribution >= 0.6 is 0 Å². The molecule has 1 unspecified atom stereocenters. The Labute approximate surface area is 175 Å². The van der Waals surface area contributed by atoms with Crippen LogP contribution in [0.15, 0.2) is 53.6 Å². The summed E-state index contributed by atoms with van der Waals surface area (Å²) in [6.07, 6.45) is 6.32. The molecule has 1 aliphatic heterocycles. The van der Waals surface area contributed by atoms with E-state index in [2.05, 4.69) is 27.2 Å². The highest BCUT2D eigenvalue weighted by Crippen LogP contribution is 2.17. The topological polar surface area (TPSA) is 80.1 Å². The van der Waals surface area contributed by atoms with Crippen molar-refractivity contribution < 1.29 is 4.79 Å². The van der Waals surface area contributed by atoms with Crippen LogP contribution in [0, 0.1) is 0 Å². The van der Waals surface area contributed by atoms with Gasteiger partial charge in [-0.3, -0.25) is 19.5 Å². The van der Waals surface area contributed by atoms with Crippen LogP contribution in [0.4, 0.5) is 0 Å². The van der Waals surface area contributed by atoms with Gasteiger partial charge in [-0.2, -0.15) is 5.10 Å². The van der Waals surface area contributed by atoms with E-state index in [9.17, 15) is 9.59 Å². The number of pyridine rings is 1. The molecule has 1 amide bonds. The summed E-state index contributed by atoms with van der Waals surface area (Å²) in [5.41, 5.74) is 1.52. The predicted molar refractivity (Wildman–Crippen MR) is 116 cm³/mol. The molecular weight excluding hydrogens is 378 g/mol. The van der Waals surface area contributed by atoms with Crippen molar-refractivity contribution >= 4 is 16.7 Å². The SMILES string of the molecule is CCN1CCCC1CNC(=O)Cn1nc(Cc2cccnc2)c2ccccc2c1=O. The second kappa shape index (κ2) is 9.17. The molecule has 0 saturated carbocycles. The molecule has 1 aromatic carbocycles. The zero-order valence-corrected chi connectivity index (χ0v) is 17.3. The van der Waals surface area contributed by atoms with Crippen molar-refractivity contribution in [1.29, 1.82) is 0 Å². The summed E-state index contributed by atoms with van der Waals surface area (Å²) in [4.78, 5) is 32.1. The van der Waals surface area contributed by atoms with Gasteiger partial charge in [-0.1, -0.05) is 31.2 Å². The number of carbonyl (C=O) groups is 1. The average molecular weight is 406 g/mol. The van der Waals surface area contributed by atoms with E-state index in [1.54, 1.807) is 18.5 Å². The smallest absolute Gasteiger partial charge is 0.275 e. The third-order valence-corrected chi connectivity index (χ3v) is 5.77. The molecule has 0 bridgehead atoms. The first kappa shape index (κ1) is 20.2. The van der Waals surface area contributed by atoms with Crippen molar-refractivity contribution in [2.45, 2.75) is 38.8 Å². The highest BCUT2D eigenvalue weighted by molar-refractivity contribution is 5.84. The minimum Gasteiger partial charge on any atom is -0.353 e. The molecule has 1 saturated heterocycles. The zero-order valence-electron chi connectivity index (χ0n) is 17.3. The van der Waals surface area contributed by atoms with Gasteiger partial charge in [0.25, 0.3) is 5.56 Å². The molecular formula is C23H27N5O2. The summed E-state index contributed by atoms with van der Waals surface area (Å²) >= 11 is 0. The van der Waals surface area contributed by atoms with Crippen LogP contribution < -0.4 is 10.9 Å². The molecule has 7 nitrogen and oxygen atoms in total. The van der Waals surface area contributed by atoms with E-state index < -0.39 is 0 Å². The lowest BCUT2D eigenvalue weighted by Crippen LogP contribution is -2.42. The Morgan fingerprint density at radius 2 is 2.03 bits per heavy atom. The summed E-state index contributed by atoms with van der Waals surface area (Å²) in [6, 6.07) is 11.7. The molecule has 0 aliphatic carbocycles. The van der Waals surface area contributed by atoms with Gasteiger partial charge < -0.3 is 5.32 Å². The molecule has 0 radical (unpaired) electrons. The summed E-state index contributed by atoms with van der Waals surface area (Å²) in [5.74, 6) is -0.185. The van der Waals surface area contributed by atoms with Gasteiger partial charge in [-0.05, 0) is 43.6 Å². The molecule has 1 atom stereocenters. The number of hydrogen-bond donors (Lipinski definition) is 1. The third kappa shape index (κ3) is 4.41. The standard InChI is InChI=1S/C23H27N5O2/c1-2-27-12-6-8-18(27)15-25-22(29)16-28-23(30)20-10-4-3-9-19(20)21(26-28)13-17-7-5-11-24-14-17/h3-5,7,9-11,14,18H,2,6,8,12-13,15-16H2,1H3,(H,25,29). The molecule has 7 heteroatoms. The number of likely N-dealkylation sites (tertiary alicyclic amines) is 1. The van der Waals surface area contributed by atoms with Crippen LogP contribution in [0.25, 0.3) is 10.8 Å². The highest BCUT2D eigenvalue weighted by atomic mass is 16.2. The van der Waals surface area contributed by atoms with Crippen LogP contribution in [0.5, 0.6) is 0 Å². The molecule has 3 heterocycles. The summed E-state index contributed by atoms with van der Waals surface area (Å²) in [5, 5.41) is 8.93. The van der Waals surface area contributed by atoms with E-state index in [4.69, 9.17) is 0 Å². The normalized spacial score (nSPS) is 16.8. The quantitative estimate of drug-likeness (QED) is 0.650. The molecule has 1 aliphatic rings. The van der Waals surface area contributed by atoms with E-state index in [0.717, 1.165) is 42.6 Å². The number of amides is 1. The Balaban J connectivity index is 1.55. The Morgan fingerprint density at radius 1 is 1.20 bits per heavy atom. The van der Waals surface area contributed by atoms with Crippen LogP contribution in [0.3, 0.4) is 0 Å². The molecule has 0 spiro atoms. The lowest BCUT2D eigenvalue weighted by atomic mass is 10.1. The van der Waals surface area contributed by atoms with Gasteiger partial charge in [0, 0.05) is 36.8 Å². The average Bonchev–Trinajstić information content (AvgIpc) is 3.24. The Morgan fingerprint density at radius 3 is 2.80 bits per heavy atom. The lowest BCUT2D eigenvalue weighted by molar-refractivity contribution is -0.122. The fourth-order valence-electron chi connectivity index (χ4n) is 4.21. The molecule has 30 heavy (non-hydrogen) atoms. The van der Waals surface area contributed by atoms with Crippen molar-refractivity contribution in [3.05, 3.63) is 70.4 Å². The maximum atomic E-state index is 12.9. The van der Waals surface area contributed by atoms with E-state index in [1.165, 1.54) is 4.68 Å². The van der Waals surface area contributed by atoms with Gasteiger partial charge in [0.15, 0.2) is 0 Å². The molecule has 1 N–H and O–H groups in total. The van der Waals surface area contributed by atoms with Gasteiger partial charge in [-0.15, -0.1) is 0 Å². The van der Waals surface area contributed by atoms with Crippen molar-refractivity contribution in [1.82, 2.24) is 25.0 Å². The van der Waals surface area contributed by atoms with Crippen molar-refractivity contribution in [3.8, 4) is 0 Å². The zero-order chi connectivity index (χ0) is 20.9. The number of fused-ring (bicyclic) bond motifs is 1. The number of hydrogen-bond acceptors (Lipinski definition) is 5. The minimum absolute atomic E-state index is 0.0808. The van der Waals surface area contributed by atoms with Gasteiger partial charge in [-0.25, -0.2) is 4.68 Å². The van der Waals surface area contributed by atoms with Crippen LogP contribution in [0.1, 0.15) is 31.0 Å². The fourth-order valence-corrected chi connectivity index (χ4v) is 4.21. The minimum atomic E-state index is -0.244. The molecule has 2 aromatic heterocycles. The number of rotatable bonds is 7. The number of nitrogens with zero attached hydrogens (tertiary/aromatic N) is 4. The van der Waals surface area contributed by atoms with Crippen LogP contribution in [-0.2, 0) is 17.8 Å². The first-order valence-corrected chi connectivity index (χ1v) is 10.5. The first-order valence-electron chi connectivity index (χ1n) is 10.5. The van der Waals surface area contributed by atoms with Gasteiger partial charge >= 0.3 is 0 Å². The van der Waals surface area contributed by atoms with E-state index >= 15 is 0 Å². The largest absolute Gasteiger partial charge is 0.353 e. The van der Waals surface area contributed by atoms with Gasteiger partial charge in [0.2, 0.25) is 5.91 Å². The molecule has 4 rings (SSSR count). The number of likely N-dealkylation sites (N-methyl/N-ethyl adjacent to an activating group) is 1. The predicted octanol–water partition coefficient (Wildman–Crippen LogP) is 1.98. The fraction of sp³-hybridized carbons (Fsp3) is 0.391. The van der Waals surface area contributed by atoms with E-state index in [-0.39, 0.29) is 18.0 Å². The van der Waals surface area contributed by atoms with Gasteiger partial charge in [0.1, 0.15) is 6.54 Å². The van der Waals surface area contributed by atoms with E-state index in [1.807, 2.05) is 30.3 Å². The number of benzene rings is 1.